The Hall–Kier alpha value is -1.07. The van der Waals surface area contributed by atoms with Crippen LogP contribution >= 0.6 is 11.8 Å². The molecule has 0 aliphatic carbocycles. The van der Waals surface area contributed by atoms with E-state index in [0.717, 1.165) is 29.4 Å². The first-order valence-electron chi connectivity index (χ1n) is 5.88. The Morgan fingerprint density at radius 2 is 1.94 bits per heavy atom. The number of ether oxygens (including phenoxy) is 1. The van der Waals surface area contributed by atoms with Gasteiger partial charge in [0.15, 0.2) is 5.75 Å². The summed E-state index contributed by atoms with van der Waals surface area (Å²) >= 11 is 1.75. The van der Waals surface area contributed by atoms with E-state index in [1.807, 2.05) is 6.07 Å². The zero-order valence-corrected chi connectivity index (χ0v) is 11.1. The summed E-state index contributed by atoms with van der Waals surface area (Å²) in [5.74, 6) is 0.749. The minimum atomic E-state index is 0.321. The molecule has 1 aliphatic rings. The van der Waals surface area contributed by atoms with Gasteiger partial charge in [-0.2, -0.15) is 0 Å². The first kappa shape index (κ1) is 12.4. The maximum atomic E-state index is 5.98. The molecule has 0 radical (unpaired) electrons. The van der Waals surface area contributed by atoms with E-state index in [4.69, 9.17) is 16.2 Å². The van der Waals surface area contributed by atoms with Crippen molar-refractivity contribution in [3.8, 4) is 5.75 Å². The van der Waals surface area contributed by atoms with Gasteiger partial charge in [-0.25, -0.2) is 0 Å². The third-order valence-electron chi connectivity index (χ3n) is 3.02. The van der Waals surface area contributed by atoms with Crippen molar-refractivity contribution < 1.29 is 4.74 Å². The zero-order chi connectivity index (χ0) is 12.4. The van der Waals surface area contributed by atoms with Crippen molar-refractivity contribution in [3.05, 3.63) is 12.1 Å². The van der Waals surface area contributed by atoms with Crippen molar-refractivity contribution in [1.29, 1.82) is 0 Å². The molecule has 2 rings (SSSR count). The molecule has 1 unspecified atom stereocenters. The van der Waals surface area contributed by atoms with Gasteiger partial charge in [-0.1, -0.05) is 25.6 Å². The maximum absolute atomic E-state index is 5.98. The van der Waals surface area contributed by atoms with Crippen LogP contribution in [0.4, 0.5) is 11.4 Å². The Kier molecular flexibility index (Phi) is 3.69. The molecule has 94 valence electrons. The van der Waals surface area contributed by atoms with E-state index in [-0.39, 0.29) is 0 Å². The molecule has 17 heavy (non-hydrogen) atoms. The van der Waals surface area contributed by atoms with Crippen LogP contribution in [0.2, 0.25) is 0 Å². The second-order valence-electron chi connectivity index (χ2n) is 4.01. The molecule has 0 fully saturated rings. The van der Waals surface area contributed by atoms with Gasteiger partial charge < -0.3 is 16.2 Å². The van der Waals surface area contributed by atoms with Crippen LogP contribution in [0.1, 0.15) is 13.8 Å². The highest BCUT2D eigenvalue weighted by Crippen LogP contribution is 2.44. The molecule has 1 heterocycles. The fourth-order valence-corrected chi connectivity index (χ4v) is 3.34. The average Bonchev–Trinajstić information content (AvgIpc) is 2.36. The minimum absolute atomic E-state index is 0.321. The highest BCUT2D eigenvalue weighted by Gasteiger charge is 2.27. The number of fused-ring (bicyclic) bond motifs is 1. The Labute approximate surface area is 106 Å². The first-order valence-corrected chi connectivity index (χ1v) is 6.76. The summed E-state index contributed by atoms with van der Waals surface area (Å²) in [5.41, 5.74) is 13.3. The van der Waals surface area contributed by atoms with E-state index < -0.39 is 0 Å². The molecule has 0 saturated carbocycles. The van der Waals surface area contributed by atoms with Crippen LogP contribution in [-0.2, 0) is 0 Å². The molecule has 5 heteroatoms. The minimum Gasteiger partial charge on any atom is -0.488 e. The van der Waals surface area contributed by atoms with Crippen LogP contribution in [0.25, 0.3) is 0 Å². The smallest absolute Gasteiger partial charge is 0.157 e. The lowest BCUT2D eigenvalue weighted by Gasteiger charge is -2.33. The lowest BCUT2D eigenvalue weighted by molar-refractivity contribution is 0.193. The normalized spacial score (nSPS) is 18.9. The van der Waals surface area contributed by atoms with Crippen molar-refractivity contribution in [3.63, 3.8) is 0 Å². The fourth-order valence-electron chi connectivity index (χ4n) is 2.00. The van der Waals surface area contributed by atoms with E-state index in [2.05, 4.69) is 18.7 Å². The lowest BCUT2D eigenvalue weighted by Crippen LogP contribution is -2.38. The van der Waals surface area contributed by atoms with Crippen molar-refractivity contribution in [1.82, 2.24) is 4.90 Å². The molecular weight excluding hydrogens is 234 g/mol. The van der Waals surface area contributed by atoms with Crippen molar-refractivity contribution in [2.45, 2.75) is 24.1 Å². The van der Waals surface area contributed by atoms with Gasteiger partial charge >= 0.3 is 0 Å². The molecule has 1 aromatic rings. The highest BCUT2D eigenvalue weighted by molar-refractivity contribution is 8.00. The number of thioether (sulfide) groups is 1. The summed E-state index contributed by atoms with van der Waals surface area (Å²) in [7, 11) is 0. The van der Waals surface area contributed by atoms with Gasteiger partial charge in [-0.3, -0.25) is 4.90 Å². The number of likely N-dealkylation sites (N-methyl/N-ethyl adjacent to an activating group) is 1. The van der Waals surface area contributed by atoms with Crippen molar-refractivity contribution in [2.24, 2.45) is 0 Å². The largest absolute Gasteiger partial charge is 0.488 e. The fraction of sp³-hybridized carbons (Fsp3) is 0.500. The average molecular weight is 253 g/mol. The summed E-state index contributed by atoms with van der Waals surface area (Å²) in [4.78, 5) is 3.34. The molecule has 0 saturated heterocycles. The van der Waals surface area contributed by atoms with Gasteiger partial charge in [-0.05, 0) is 25.2 Å². The zero-order valence-electron chi connectivity index (χ0n) is 10.3. The predicted molar refractivity (Wildman–Crippen MR) is 73.3 cm³/mol. The van der Waals surface area contributed by atoms with E-state index in [0.29, 0.717) is 17.7 Å². The van der Waals surface area contributed by atoms with E-state index in [9.17, 15) is 0 Å². The summed E-state index contributed by atoms with van der Waals surface area (Å²) < 4.78 is 5.76. The van der Waals surface area contributed by atoms with Crippen LogP contribution in [0.3, 0.4) is 0 Å². The molecule has 0 bridgehead atoms. The number of anilines is 2. The summed E-state index contributed by atoms with van der Waals surface area (Å²) in [5, 5.41) is 0.321. The number of nitrogen functional groups attached to an aromatic ring is 2. The van der Waals surface area contributed by atoms with Crippen LogP contribution in [-0.4, -0.2) is 30.0 Å². The second-order valence-corrected chi connectivity index (χ2v) is 5.20. The van der Waals surface area contributed by atoms with Crippen LogP contribution in [0, 0.1) is 0 Å². The second kappa shape index (κ2) is 5.06. The van der Waals surface area contributed by atoms with E-state index in [1.54, 1.807) is 17.8 Å². The summed E-state index contributed by atoms with van der Waals surface area (Å²) in [6.45, 7) is 6.99. The third-order valence-corrected chi connectivity index (χ3v) is 4.38. The molecular formula is C12H19N3OS. The van der Waals surface area contributed by atoms with E-state index in [1.165, 1.54) is 0 Å². The molecule has 1 atom stereocenters. The highest BCUT2D eigenvalue weighted by atomic mass is 32.2. The Bertz CT molecular complexity index is 407. The molecule has 0 amide bonds. The topological polar surface area (TPSA) is 64.5 Å². The number of hydrogen-bond acceptors (Lipinski definition) is 5. The van der Waals surface area contributed by atoms with Crippen LogP contribution in [0.15, 0.2) is 17.0 Å². The van der Waals surface area contributed by atoms with Gasteiger partial charge in [0.2, 0.25) is 0 Å². The van der Waals surface area contributed by atoms with Gasteiger partial charge in [0, 0.05) is 5.69 Å². The molecule has 4 N–H and O–H groups in total. The van der Waals surface area contributed by atoms with Crippen molar-refractivity contribution in [2.75, 3.05) is 31.2 Å². The van der Waals surface area contributed by atoms with Gasteiger partial charge in [0.1, 0.15) is 6.61 Å². The predicted octanol–water partition coefficient (Wildman–Crippen LogP) is 2.00. The third kappa shape index (κ3) is 2.30. The first-order chi connectivity index (χ1) is 8.17. The van der Waals surface area contributed by atoms with Gasteiger partial charge in [-0.15, -0.1) is 0 Å². The van der Waals surface area contributed by atoms with Gasteiger partial charge in [0.05, 0.1) is 16.0 Å². The van der Waals surface area contributed by atoms with Crippen molar-refractivity contribution >= 4 is 23.1 Å². The molecule has 4 nitrogen and oxygen atoms in total. The maximum Gasteiger partial charge on any atom is 0.157 e. The van der Waals surface area contributed by atoms with E-state index >= 15 is 0 Å². The summed E-state index contributed by atoms with van der Waals surface area (Å²) in [6, 6.07) is 3.64. The Balaban J connectivity index is 2.26. The Morgan fingerprint density at radius 1 is 1.29 bits per heavy atom. The number of hydrogen-bond donors (Lipinski definition) is 2. The number of nitrogens with zero attached hydrogens (tertiary/aromatic N) is 1. The summed E-state index contributed by atoms with van der Waals surface area (Å²) in [6.07, 6.45) is 0. The number of nitrogens with two attached hydrogens (primary N) is 2. The molecule has 1 aliphatic heterocycles. The number of rotatable bonds is 3. The van der Waals surface area contributed by atoms with Gasteiger partial charge in [0.25, 0.3) is 0 Å². The molecule has 0 aromatic heterocycles. The monoisotopic (exact) mass is 253 g/mol. The van der Waals surface area contributed by atoms with Crippen LogP contribution < -0.4 is 16.2 Å². The standard InChI is InChI=1S/C12H19N3OS/c1-3-15(4-2)10-7-16-11-8(13)5-6-9(14)12(11)17-10/h5-6,10H,3-4,7,13-14H2,1-2H3. The van der Waals surface area contributed by atoms with Crippen LogP contribution in [0.5, 0.6) is 5.75 Å². The molecule has 1 aromatic carbocycles. The lowest BCUT2D eigenvalue weighted by atomic mass is 10.2. The SMILES string of the molecule is CCN(CC)C1COc2c(N)ccc(N)c2S1. The number of benzene rings is 1. The Morgan fingerprint density at radius 3 is 2.59 bits per heavy atom. The molecule has 0 spiro atoms. The quantitative estimate of drug-likeness (QED) is 0.807.